The second-order valence-electron chi connectivity index (χ2n) is 5.71. The van der Waals surface area contributed by atoms with Crippen molar-refractivity contribution >= 4 is 11.9 Å². The summed E-state index contributed by atoms with van der Waals surface area (Å²) >= 11 is 0. The monoisotopic (exact) mass is 341 g/mol. The van der Waals surface area contributed by atoms with E-state index in [0.29, 0.717) is 13.0 Å². The van der Waals surface area contributed by atoms with Gasteiger partial charge in [-0.25, -0.2) is 0 Å². The fraction of sp³-hybridized carbons (Fsp3) is 0.263. The third-order valence-corrected chi connectivity index (χ3v) is 3.69. The molecule has 0 aliphatic carbocycles. The highest BCUT2D eigenvalue weighted by Gasteiger charge is 2.24. The van der Waals surface area contributed by atoms with Crippen LogP contribution in [0, 0.1) is 0 Å². The summed E-state index contributed by atoms with van der Waals surface area (Å²) in [5.74, 6) is 1.48. The molecule has 0 fully saturated rings. The summed E-state index contributed by atoms with van der Waals surface area (Å²) in [6.07, 6.45) is 0.526. The Hall–Kier alpha value is -3.02. The Morgan fingerprint density at radius 1 is 1.16 bits per heavy atom. The van der Waals surface area contributed by atoms with Crippen molar-refractivity contribution < 1.29 is 23.8 Å². The molecular formula is C19H19NO5. The van der Waals surface area contributed by atoms with Gasteiger partial charge in [0, 0.05) is 18.9 Å². The summed E-state index contributed by atoms with van der Waals surface area (Å²) in [6, 6.07) is 15.2. The van der Waals surface area contributed by atoms with Crippen LogP contribution in [0.3, 0.4) is 0 Å². The largest absolute Gasteiger partial charge is 0.488 e. The summed E-state index contributed by atoms with van der Waals surface area (Å²) in [5, 5.41) is 2.70. The first-order chi connectivity index (χ1) is 12.1. The zero-order valence-electron chi connectivity index (χ0n) is 13.9. The quantitative estimate of drug-likeness (QED) is 0.817. The number of hydrogen-bond acceptors (Lipinski definition) is 5. The van der Waals surface area contributed by atoms with Crippen LogP contribution in [0.25, 0.3) is 0 Å². The first-order valence-electron chi connectivity index (χ1n) is 8.02. The summed E-state index contributed by atoms with van der Waals surface area (Å²) in [6.45, 7) is 1.34. The molecule has 0 spiro atoms. The topological polar surface area (TPSA) is 73.9 Å². The molecule has 6 nitrogen and oxygen atoms in total. The number of carbonyl (C=O) groups excluding carboxylic acids is 2. The van der Waals surface area contributed by atoms with Crippen LogP contribution < -0.4 is 14.8 Å². The molecule has 0 saturated carbocycles. The molecule has 6 heteroatoms. The van der Waals surface area contributed by atoms with E-state index in [1.807, 2.05) is 48.5 Å². The van der Waals surface area contributed by atoms with E-state index in [1.54, 1.807) is 0 Å². The molecule has 25 heavy (non-hydrogen) atoms. The number of hydrogen-bond donors (Lipinski definition) is 1. The second kappa shape index (κ2) is 7.70. The van der Waals surface area contributed by atoms with Gasteiger partial charge < -0.3 is 19.5 Å². The first-order valence-corrected chi connectivity index (χ1v) is 8.02. The van der Waals surface area contributed by atoms with Gasteiger partial charge in [-0.15, -0.1) is 0 Å². The van der Waals surface area contributed by atoms with Gasteiger partial charge in [0.15, 0.2) is 6.61 Å². The van der Waals surface area contributed by atoms with Crippen LogP contribution in [0.15, 0.2) is 48.5 Å². The Morgan fingerprint density at radius 2 is 1.96 bits per heavy atom. The zero-order chi connectivity index (χ0) is 17.6. The molecule has 0 aromatic heterocycles. The molecule has 3 rings (SSSR count). The molecule has 1 aliphatic heterocycles. The molecule has 0 radical (unpaired) electrons. The highest BCUT2D eigenvalue weighted by atomic mass is 16.5. The third kappa shape index (κ3) is 4.73. The molecule has 1 heterocycles. The average molecular weight is 341 g/mol. The molecule has 1 unspecified atom stereocenters. The first kappa shape index (κ1) is 16.8. The van der Waals surface area contributed by atoms with Crippen LogP contribution in [-0.4, -0.2) is 31.1 Å². The van der Waals surface area contributed by atoms with Crippen LogP contribution in [0.4, 0.5) is 0 Å². The van der Waals surface area contributed by atoms with Gasteiger partial charge in [0.2, 0.25) is 0 Å². The van der Waals surface area contributed by atoms with E-state index in [1.165, 1.54) is 6.92 Å². The number of nitrogens with one attached hydrogen (secondary N) is 1. The van der Waals surface area contributed by atoms with Gasteiger partial charge in [0.25, 0.3) is 5.91 Å². The normalized spacial score (nSPS) is 15.0. The van der Waals surface area contributed by atoms with E-state index in [2.05, 4.69) is 10.1 Å². The minimum absolute atomic E-state index is 0.150. The highest BCUT2D eigenvalue weighted by Crippen LogP contribution is 2.33. The summed E-state index contributed by atoms with van der Waals surface area (Å²) in [7, 11) is 0. The van der Waals surface area contributed by atoms with Crippen molar-refractivity contribution in [1.82, 2.24) is 5.32 Å². The van der Waals surface area contributed by atoms with Gasteiger partial charge in [-0.2, -0.15) is 0 Å². The van der Waals surface area contributed by atoms with Crippen LogP contribution in [0.1, 0.15) is 12.5 Å². The highest BCUT2D eigenvalue weighted by molar-refractivity contribution is 5.79. The minimum Gasteiger partial charge on any atom is -0.488 e. The van der Waals surface area contributed by atoms with Crippen LogP contribution in [0.2, 0.25) is 0 Å². The molecule has 2 aromatic rings. The number of para-hydroxylation sites is 1. The molecule has 1 amide bonds. The van der Waals surface area contributed by atoms with Crippen molar-refractivity contribution in [2.24, 2.45) is 0 Å². The van der Waals surface area contributed by atoms with Crippen molar-refractivity contribution in [2.45, 2.75) is 19.4 Å². The molecule has 1 atom stereocenters. The van der Waals surface area contributed by atoms with Crippen molar-refractivity contribution in [3.8, 4) is 17.2 Å². The Balaban J connectivity index is 1.52. The number of benzene rings is 2. The smallest absolute Gasteiger partial charge is 0.303 e. The Morgan fingerprint density at radius 3 is 2.72 bits per heavy atom. The molecule has 2 aromatic carbocycles. The van der Waals surface area contributed by atoms with Crippen molar-refractivity contribution in [2.75, 3.05) is 13.2 Å². The lowest BCUT2D eigenvalue weighted by atomic mass is 10.1. The maximum Gasteiger partial charge on any atom is 0.303 e. The van der Waals surface area contributed by atoms with E-state index < -0.39 is 5.97 Å². The Labute approximate surface area is 145 Å². The number of carbonyl (C=O) groups is 2. The van der Waals surface area contributed by atoms with Gasteiger partial charge in [0.05, 0.1) is 6.54 Å². The number of rotatable bonds is 6. The lowest BCUT2D eigenvalue weighted by Gasteiger charge is -2.11. The fourth-order valence-electron chi connectivity index (χ4n) is 2.54. The second-order valence-corrected chi connectivity index (χ2v) is 5.71. The fourth-order valence-corrected chi connectivity index (χ4v) is 2.54. The number of esters is 1. The average Bonchev–Trinajstić information content (AvgIpc) is 3.01. The number of ether oxygens (including phenoxy) is 3. The Bertz CT molecular complexity index is 760. The van der Waals surface area contributed by atoms with Gasteiger partial charge in [-0.3, -0.25) is 9.59 Å². The van der Waals surface area contributed by atoms with Gasteiger partial charge in [-0.1, -0.05) is 18.2 Å². The number of amides is 1. The van der Waals surface area contributed by atoms with Crippen LogP contribution >= 0.6 is 0 Å². The zero-order valence-corrected chi connectivity index (χ0v) is 13.9. The Kier molecular flexibility index (Phi) is 5.18. The maximum absolute atomic E-state index is 11.6. The molecular weight excluding hydrogens is 322 g/mol. The van der Waals surface area contributed by atoms with E-state index in [-0.39, 0.29) is 18.6 Å². The predicted molar refractivity (Wildman–Crippen MR) is 90.7 cm³/mol. The third-order valence-electron chi connectivity index (χ3n) is 3.69. The van der Waals surface area contributed by atoms with Crippen LogP contribution in [-0.2, 0) is 20.7 Å². The number of fused-ring (bicyclic) bond motifs is 1. The van der Waals surface area contributed by atoms with E-state index in [9.17, 15) is 9.59 Å². The maximum atomic E-state index is 11.6. The lowest BCUT2D eigenvalue weighted by Crippen LogP contribution is -2.36. The van der Waals surface area contributed by atoms with E-state index >= 15 is 0 Å². The van der Waals surface area contributed by atoms with Crippen LogP contribution in [0.5, 0.6) is 17.2 Å². The predicted octanol–water partition coefficient (Wildman–Crippen LogP) is 2.46. The minimum atomic E-state index is -0.481. The molecule has 1 aliphatic rings. The van der Waals surface area contributed by atoms with E-state index in [4.69, 9.17) is 9.47 Å². The summed E-state index contributed by atoms with van der Waals surface area (Å²) < 4.78 is 16.3. The van der Waals surface area contributed by atoms with Crippen molar-refractivity contribution in [3.05, 3.63) is 54.1 Å². The SMILES string of the molecule is CC(=O)OCC(=O)NCC1Cc2cc(Oc3ccccc3)ccc2O1. The molecule has 0 saturated heterocycles. The molecule has 1 N–H and O–H groups in total. The molecule has 130 valence electrons. The summed E-state index contributed by atoms with van der Waals surface area (Å²) in [4.78, 5) is 22.3. The van der Waals surface area contributed by atoms with E-state index in [0.717, 1.165) is 22.8 Å². The lowest BCUT2D eigenvalue weighted by molar-refractivity contribution is -0.146. The van der Waals surface area contributed by atoms with Gasteiger partial charge in [0.1, 0.15) is 23.4 Å². The standard InChI is InChI=1S/C19H19NO5/c1-13(21)23-12-19(22)20-11-17-10-14-9-16(7-8-18(14)25-17)24-15-5-3-2-4-6-15/h2-9,17H,10-12H2,1H3,(H,20,22). The van der Waals surface area contributed by atoms with Crippen molar-refractivity contribution in [1.29, 1.82) is 0 Å². The summed E-state index contributed by atoms with van der Waals surface area (Å²) in [5.41, 5.74) is 1.03. The van der Waals surface area contributed by atoms with Gasteiger partial charge >= 0.3 is 5.97 Å². The van der Waals surface area contributed by atoms with Crippen molar-refractivity contribution in [3.63, 3.8) is 0 Å². The van der Waals surface area contributed by atoms with Gasteiger partial charge in [-0.05, 0) is 30.3 Å². The molecule has 0 bridgehead atoms.